The van der Waals surface area contributed by atoms with Crippen LogP contribution in [0.3, 0.4) is 0 Å². The lowest BCUT2D eigenvalue weighted by atomic mass is 10.2. The van der Waals surface area contributed by atoms with Crippen molar-refractivity contribution in [3.8, 4) is 5.75 Å². The third-order valence-corrected chi connectivity index (χ3v) is 4.28. The summed E-state index contributed by atoms with van der Waals surface area (Å²) in [5, 5.41) is 8.94. The van der Waals surface area contributed by atoms with E-state index in [1.165, 1.54) is 25.3 Å². The molecule has 0 aromatic heterocycles. The summed E-state index contributed by atoms with van der Waals surface area (Å²) in [6.07, 6.45) is -7.87. The van der Waals surface area contributed by atoms with Gasteiger partial charge in [-0.1, -0.05) is 17.7 Å². The van der Waals surface area contributed by atoms with Gasteiger partial charge in [-0.25, -0.2) is 8.42 Å². The molecule has 4 nitrogen and oxygen atoms in total. The average molecular weight is 333 g/mol. The summed E-state index contributed by atoms with van der Waals surface area (Å²) < 4.78 is 64.4. The molecule has 0 aliphatic rings. The first-order chi connectivity index (χ1) is 9.05. The molecule has 0 radical (unpaired) electrons. The first-order valence-electron chi connectivity index (χ1n) is 5.33. The largest absolute Gasteiger partial charge is 0.495 e. The van der Waals surface area contributed by atoms with Crippen molar-refractivity contribution in [1.29, 1.82) is 0 Å². The minimum atomic E-state index is -4.97. The molecule has 1 N–H and O–H groups in total. The molecule has 1 aromatic carbocycles. The van der Waals surface area contributed by atoms with Crippen LogP contribution in [0.2, 0.25) is 5.02 Å². The molecule has 1 aromatic rings. The SMILES string of the molecule is COc1ccc(CS(=O)(=O)C[C@H](O)C(F)(F)F)cc1Cl. The van der Waals surface area contributed by atoms with Crippen molar-refractivity contribution >= 4 is 21.4 Å². The predicted molar refractivity (Wildman–Crippen MR) is 67.6 cm³/mol. The average Bonchev–Trinajstić information content (AvgIpc) is 2.26. The summed E-state index contributed by atoms with van der Waals surface area (Å²) in [7, 11) is -2.75. The van der Waals surface area contributed by atoms with E-state index in [1.54, 1.807) is 0 Å². The van der Waals surface area contributed by atoms with Crippen LogP contribution in [0.1, 0.15) is 5.56 Å². The second-order valence-electron chi connectivity index (χ2n) is 4.08. The van der Waals surface area contributed by atoms with E-state index in [-0.39, 0.29) is 10.6 Å². The van der Waals surface area contributed by atoms with Crippen LogP contribution in [0.4, 0.5) is 13.2 Å². The number of benzene rings is 1. The fourth-order valence-corrected chi connectivity index (χ4v) is 3.20. The van der Waals surface area contributed by atoms with Crippen LogP contribution < -0.4 is 4.74 Å². The van der Waals surface area contributed by atoms with Gasteiger partial charge in [0.05, 0.1) is 23.6 Å². The summed E-state index contributed by atoms with van der Waals surface area (Å²) in [5.41, 5.74) is 0.213. The molecule has 0 fully saturated rings. The Hall–Kier alpha value is -0.990. The Balaban J connectivity index is 2.84. The molecule has 1 atom stereocenters. The van der Waals surface area contributed by atoms with Crippen LogP contribution in [0.5, 0.6) is 5.75 Å². The molecular weight excluding hydrogens is 321 g/mol. The maximum Gasteiger partial charge on any atom is 0.415 e. The summed E-state index contributed by atoms with van der Waals surface area (Å²) >= 11 is 5.79. The monoisotopic (exact) mass is 332 g/mol. The zero-order chi connectivity index (χ0) is 15.6. The topological polar surface area (TPSA) is 63.6 Å². The van der Waals surface area contributed by atoms with E-state index in [4.69, 9.17) is 21.4 Å². The Morgan fingerprint density at radius 3 is 2.45 bits per heavy atom. The normalized spacial score (nSPS) is 14.1. The number of hydrogen-bond donors (Lipinski definition) is 1. The van der Waals surface area contributed by atoms with Crippen molar-refractivity contribution < 1.29 is 31.4 Å². The second-order valence-corrected chi connectivity index (χ2v) is 6.60. The van der Waals surface area contributed by atoms with Crippen molar-refractivity contribution in [3.05, 3.63) is 28.8 Å². The van der Waals surface area contributed by atoms with Crippen molar-refractivity contribution in [2.45, 2.75) is 18.0 Å². The summed E-state index contributed by atoms with van der Waals surface area (Å²) in [5.74, 6) is -1.72. The molecule has 20 heavy (non-hydrogen) atoms. The molecule has 0 heterocycles. The Morgan fingerprint density at radius 1 is 1.40 bits per heavy atom. The minimum Gasteiger partial charge on any atom is -0.495 e. The highest BCUT2D eigenvalue weighted by Gasteiger charge is 2.41. The van der Waals surface area contributed by atoms with Crippen LogP contribution in [-0.2, 0) is 15.6 Å². The van der Waals surface area contributed by atoms with Gasteiger partial charge in [-0.05, 0) is 17.7 Å². The van der Waals surface area contributed by atoms with E-state index >= 15 is 0 Å². The molecule has 0 saturated heterocycles. The van der Waals surface area contributed by atoms with Crippen molar-refractivity contribution in [1.82, 2.24) is 0 Å². The van der Waals surface area contributed by atoms with E-state index in [9.17, 15) is 21.6 Å². The first kappa shape index (κ1) is 17.1. The third-order valence-electron chi connectivity index (χ3n) is 2.39. The van der Waals surface area contributed by atoms with Gasteiger partial charge in [0, 0.05) is 0 Å². The lowest BCUT2D eigenvalue weighted by molar-refractivity contribution is -0.196. The standard InChI is InChI=1S/C11H12ClF3O4S/c1-19-9-3-2-7(4-8(9)12)5-20(17,18)6-10(16)11(13,14)15/h2-4,10,16H,5-6H2,1H3/t10-/m0/s1. The molecule has 114 valence electrons. The molecule has 0 aliphatic carbocycles. The number of aliphatic hydroxyl groups excluding tert-OH is 1. The highest BCUT2D eigenvalue weighted by molar-refractivity contribution is 7.90. The fraction of sp³-hybridized carbons (Fsp3) is 0.455. The van der Waals surface area contributed by atoms with Gasteiger partial charge in [0.2, 0.25) is 0 Å². The van der Waals surface area contributed by atoms with Crippen molar-refractivity contribution in [3.63, 3.8) is 0 Å². The molecule has 0 aliphatic heterocycles. The Morgan fingerprint density at radius 2 is 2.00 bits per heavy atom. The number of sulfone groups is 1. The van der Waals surface area contributed by atoms with Gasteiger partial charge in [0.1, 0.15) is 5.75 Å². The molecule has 1 rings (SSSR count). The molecule has 0 saturated carbocycles. The van der Waals surface area contributed by atoms with Crippen LogP contribution in [0, 0.1) is 0 Å². The van der Waals surface area contributed by atoms with Gasteiger partial charge in [0.15, 0.2) is 15.9 Å². The van der Waals surface area contributed by atoms with Crippen LogP contribution in [-0.4, -0.2) is 38.7 Å². The number of rotatable bonds is 5. The summed E-state index contributed by atoms with van der Waals surface area (Å²) in [6, 6.07) is 4.08. The van der Waals surface area contributed by atoms with Gasteiger partial charge in [-0.3, -0.25) is 0 Å². The van der Waals surface area contributed by atoms with Crippen LogP contribution >= 0.6 is 11.6 Å². The number of alkyl halides is 3. The zero-order valence-corrected chi connectivity index (χ0v) is 11.9. The molecule has 9 heteroatoms. The molecule has 0 bridgehead atoms. The van der Waals surface area contributed by atoms with Gasteiger partial charge < -0.3 is 9.84 Å². The highest BCUT2D eigenvalue weighted by Crippen LogP contribution is 2.27. The minimum absolute atomic E-state index is 0.150. The summed E-state index contributed by atoms with van der Waals surface area (Å²) in [6.45, 7) is 0. The maximum absolute atomic E-state index is 12.1. The van der Waals surface area contributed by atoms with E-state index in [2.05, 4.69) is 0 Å². The predicted octanol–water partition coefficient (Wildman–Crippen LogP) is 2.19. The van der Waals surface area contributed by atoms with Gasteiger partial charge >= 0.3 is 6.18 Å². The van der Waals surface area contributed by atoms with E-state index in [0.717, 1.165) is 0 Å². The van der Waals surface area contributed by atoms with E-state index in [0.29, 0.717) is 5.75 Å². The maximum atomic E-state index is 12.1. The first-order valence-corrected chi connectivity index (χ1v) is 7.53. The van der Waals surface area contributed by atoms with Crippen molar-refractivity contribution in [2.24, 2.45) is 0 Å². The van der Waals surface area contributed by atoms with Gasteiger partial charge in [0.25, 0.3) is 0 Å². The molecular formula is C11H12ClF3O4S. The quantitative estimate of drug-likeness (QED) is 0.897. The lowest BCUT2D eigenvalue weighted by Gasteiger charge is -2.14. The molecule has 0 spiro atoms. The smallest absolute Gasteiger partial charge is 0.415 e. The van der Waals surface area contributed by atoms with Gasteiger partial charge in [-0.15, -0.1) is 0 Å². The number of methoxy groups -OCH3 is 1. The Labute approximate surface area is 119 Å². The Bertz CT molecular complexity index is 572. The molecule has 0 unspecified atom stereocenters. The van der Waals surface area contributed by atoms with Crippen LogP contribution in [0.15, 0.2) is 18.2 Å². The number of ether oxygens (including phenoxy) is 1. The van der Waals surface area contributed by atoms with Crippen LogP contribution in [0.25, 0.3) is 0 Å². The van der Waals surface area contributed by atoms with Crippen molar-refractivity contribution in [2.75, 3.05) is 12.9 Å². The lowest BCUT2D eigenvalue weighted by Crippen LogP contribution is -2.35. The fourth-order valence-electron chi connectivity index (χ4n) is 1.45. The van der Waals surface area contributed by atoms with E-state index in [1.807, 2.05) is 0 Å². The van der Waals surface area contributed by atoms with Gasteiger partial charge in [-0.2, -0.15) is 13.2 Å². The zero-order valence-electron chi connectivity index (χ0n) is 10.3. The third kappa shape index (κ3) is 4.84. The number of aliphatic hydroxyl groups is 1. The molecule has 0 amide bonds. The van der Waals surface area contributed by atoms with E-state index < -0.39 is 33.6 Å². The number of halogens is 4. The summed E-state index contributed by atoms with van der Waals surface area (Å²) in [4.78, 5) is 0. The number of hydrogen-bond acceptors (Lipinski definition) is 4. The Kier molecular flexibility index (Phi) is 5.28. The highest BCUT2D eigenvalue weighted by atomic mass is 35.5. The second kappa shape index (κ2) is 6.19.